The van der Waals surface area contributed by atoms with Crippen LogP contribution in [0, 0.1) is 18.6 Å². The molecule has 41 heavy (non-hydrogen) atoms. The van der Waals surface area contributed by atoms with Gasteiger partial charge in [-0.25, -0.2) is 8.78 Å². The molecule has 0 saturated heterocycles. The molecule has 0 unspecified atom stereocenters. The van der Waals surface area contributed by atoms with Crippen LogP contribution in [0.4, 0.5) is 8.78 Å². The molecule has 0 aliphatic heterocycles. The Morgan fingerprint density at radius 2 is 1.71 bits per heavy atom. The minimum atomic E-state index is -0.985. The van der Waals surface area contributed by atoms with Crippen molar-refractivity contribution in [2.45, 2.75) is 70.2 Å². The lowest BCUT2D eigenvalue weighted by Crippen LogP contribution is -2.50. The van der Waals surface area contributed by atoms with E-state index in [-0.39, 0.29) is 36.8 Å². The van der Waals surface area contributed by atoms with Crippen LogP contribution in [-0.2, 0) is 18.5 Å². The first kappa shape index (κ1) is 32.7. The topological polar surface area (TPSA) is 64.6 Å². The molecule has 222 valence electrons. The van der Waals surface area contributed by atoms with Gasteiger partial charge in [0.05, 0.1) is 12.1 Å². The molecule has 1 saturated carbocycles. The number of amides is 1. The fourth-order valence-electron chi connectivity index (χ4n) is 5.31. The van der Waals surface area contributed by atoms with E-state index in [2.05, 4.69) is 47.7 Å². The fraction of sp³-hybridized carbons (Fsp3) is 0.424. The van der Waals surface area contributed by atoms with Gasteiger partial charge in [-0.3, -0.25) is 4.79 Å². The Kier molecular flexibility index (Phi) is 11.9. The van der Waals surface area contributed by atoms with E-state index in [1.165, 1.54) is 12.1 Å². The average Bonchev–Trinajstić information content (AvgIpc) is 3.71. The number of aliphatic hydroxyl groups is 1. The van der Waals surface area contributed by atoms with Crippen molar-refractivity contribution in [2.24, 2.45) is 0 Å². The normalized spacial score (nSPS) is 15.2. The number of hydrogen-bond donors (Lipinski definition) is 3. The fourth-order valence-corrected chi connectivity index (χ4v) is 5.31. The Balaban J connectivity index is 0.00000462. The number of aryl methyl sites for hydroxylation is 1. The number of carbonyl (C=O) groups excluding carboxylic acids is 1. The molecular formula is C33H42ClF2N3O2. The van der Waals surface area contributed by atoms with Crippen LogP contribution in [0.1, 0.15) is 65.2 Å². The zero-order chi connectivity index (χ0) is 28.7. The molecular weight excluding hydrogens is 544 g/mol. The third-order valence-electron chi connectivity index (χ3n) is 7.63. The maximum atomic E-state index is 14.0. The van der Waals surface area contributed by atoms with E-state index in [4.69, 9.17) is 0 Å². The SMILES string of the molecule is CCCCN(C)Cc1cc(C)cc(C(=O)N[C@@H](Cc2cc(F)cc(F)c2)[C@H](O)CNC2(c3ccccc3)CC2)c1.Cl. The van der Waals surface area contributed by atoms with Crippen LogP contribution in [0.15, 0.2) is 66.7 Å². The molecule has 1 amide bonds. The van der Waals surface area contributed by atoms with Crippen molar-refractivity contribution in [3.8, 4) is 0 Å². The predicted molar refractivity (Wildman–Crippen MR) is 162 cm³/mol. The van der Waals surface area contributed by atoms with Crippen LogP contribution >= 0.6 is 12.4 Å². The second kappa shape index (κ2) is 14.9. The maximum Gasteiger partial charge on any atom is 0.251 e. The van der Waals surface area contributed by atoms with Crippen molar-refractivity contribution < 1.29 is 18.7 Å². The number of aliphatic hydroxyl groups excluding tert-OH is 1. The third kappa shape index (κ3) is 9.33. The summed E-state index contributed by atoms with van der Waals surface area (Å²) < 4.78 is 27.9. The second-order valence-electron chi connectivity index (χ2n) is 11.3. The van der Waals surface area contributed by atoms with Crippen LogP contribution in [0.2, 0.25) is 0 Å². The Morgan fingerprint density at radius 1 is 1.02 bits per heavy atom. The van der Waals surface area contributed by atoms with Crippen LogP contribution in [-0.4, -0.2) is 48.2 Å². The van der Waals surface area contributed by atoms with Gasteiger partial charge in [0.15, 0.2) is 0 Å². The molecule has 8 heteroatoms. The summed E-state index contributed by atoms with van der Waals surface area (Å²) >= 11 is 0. The highest BCUT2D eigenvalue weighted by Gasteiger charge is 2.44. The summed E-state index contributed by atoms with van der Waals surface area (Å²) in [6, 6.07) is 18.4. The first-order valence-electron chi connectivity index (χ1n) is 14.2. The molecule has 0 radical (unpaired) electrons. The van der Waals surface area contributed by atoms with E-state index >= 15 is 0 Å². The lowest BCUT2D eigenvalue weighted by molar-refractivity contribution is 0.0821. The molecule has 0 spiro atoms. The number of nitrogens with one attached hydrogen (secondary N) is 2. The van der Waals surface area contributed by atoms with Crippen molar-refractivity contribution in [2.75, 3.05) is 20.1 Å². The molecule has 1 fully saturated rings. The Morgan fingerprint density at radius 3 is 2.34 bits per heavy atom. The van der Waals surface area contributed by atoms with Crippen LogP contribution in [0.3, 0.4) is 0 Å². The number of unbranched alkanes of at least 4 members (excludes halogenated alkanes) is 1. The zero-order valence-electron chi connectivity index (χ0n) is 24.1. The molecule has 2 atom stereocenters. The largest absolute Gasteiger partial charge is 0.390 e. The van der Waals surface area contributed by atoms with Gasteiger partial charge in [0.25, 0.3) is 5.91 Å². The molecule has 3 aromatic rings. The van der Waals surface area contributed by atoms with Crippen molar-refractivity contribution >= 4 is 18.3 Å². The standard InChI is InChI=1S/C33H41F2N3O2.ClH/c1-4-5-13-38(3)22-25-14-23(2)15-26(16-25)32(40)37-30(19-24-17-28(34)20-29(35)18-24)31(39)21-36-33(11-12-33)27-9-7-6-8-10-27;/h6-10,14-18,20,30-31,36,39H,4-5,11-13,19,21-22H2,1-3H3,(H,37,40);1H/t30-,31+;/m0./s1. The lowest BCUT2D eigenvalue weighted by Gasteiger charge is -2.27. The second-order valence-corrected chi connectivity index (χ2v) is 11.3. The summed E-state index contributed by atoms with van der Waals surface area (Å²) in [5.41, 5.74) is 3.83. The number of nitrogens with zero attached hydrogens (tertiary/aromatic N) is 1. The first-order chi connectivity index (χ1) is 19.2. The van der Waals surface area contributed by atoms with Crippen LogP contribution < -0.4 is 10.6 Å². The minimum absolute atomic E-state index is 0. The monoisotopic (exact) mass is 585 g/mol. The van der Waals surface area contributed by atoms with E-state index in [9.17, 15) is 18.7 Å². The number of rotatable bonds is 14. The lowest BCUT2D eigenvalue weighted by atomic mass is 9.98. The predicted octanol–water partition coefficient (Wildman–Crippen LogP) is 5.91. The Bertz CT molecular complexity index is 1270. The van der Waals surface area contributed by atoms with E-state index < -0.39 is 23.8 Å². The van der Waals surface area contributed by atoms with Gasteiger partial charge in [0.2, 0.25) is 0 Å². The zero-order valence-corrected chi connectivity index (χ0v) is 24.9. The molecule has 4 rings (SSSR count). The summed E-state index contributed by atoms with van der Waals surface area (Å²) in [5, 5.41) is 17.7. The van der Waals surface area contributed by atoms with E-state index in [0.29, 0.717) is 11.1 Å². The van der Waals surface area contributed by atoms with Gasteiger partial charge in [-0.1, -0.05) is 55.3 Å². The Labute approximate surface area is 248 Å². The number of halogens is 3. The number of carbonyl (C=O) groups is 1. The van der Waals surface area contributed by atoms with Gasteiger partial charge < -0.3 is 20.6 Å². The summed E-state index contributed by atoms with van der Waals surface area (Å²) in [6.07, 6.45) is 3.23. The van der Waals surface area contributed by atoms with Gasteiger partial charge in [-0.05, 0) is 87.2 Å². The Hall–Kier alpha value is -2.84. The van der Waals surface area contributed by atoms with Crippen molar-refractivity contribution in [3.05, 3.63) is 106 Å². The highest BCUT2D eigenvalue weighted by molar-refractivity contribution is 5.94. The van der Waals surface area contributed by atoms with Gasteiger partial charge in [-0.2, -0.15) is 0 Å². The molecule has 5 nitrogen and oxygen atoms in total. The van der Waals surface area contributed by atoms with E-state index in [0.717, 1.165) is 61.5 Å². The molecule has 3 aromatic carbocycles. The van der Waals surface area contributed by atoms with E-state index in [1.54, 1.807) is 0 Å². The summed E-state index contributed by atoms with van der Waals surface area (Å²) in [5.74, 6) is -1.71. The average molecular weight is 586 g/mol. The highest BCUT2D eigenvalue weighted by Crippen LogP contribution is 2.45. The molecule has 0 aromatic heterocycles. The van der Waals surface area contributed by atoms with Gasteiger partial charge in [0, 0.05) is 30.3 Å². The molecule has 3 N–H and O–H groups in total. The van der Waals surface area contributed by atoms with Crippen LogP contribution in [0.5, 0.6) is 0 Å². The maximum absolute atomic E-state index is 14.0. The van der Waals surface area contributed by atoms with Gasteiger partial charge >= 0.3 is 0 Å². The first-order valence-corrected chi connectivity index (χ1v) is 14.2. The molecule has 1 aliphatic rings. The minimum Gasteiger partial charge on any atom is -0.390 e. The summed E-state index contributed by atoms with van der Waals surface area (Å²) in [4.78, 5) is 15.7. The number of hydrogen-bond acceptors (Lipinski definition) is 4. The van der Waals surface area contributed by atoms with Crippen molar-refractivity contribution in [3.63, 3.8) is 0 Å². The molecule has 0 heterocycles. The molecule has 1 aliphatic carbocycles. The summed E-state index contributed by atoms with van der Waals surface area (Å²) in [6.45, 7) is 6.04. The van der Waals surface area contributed by atoms with Crippen molar-refractivity contribution in [1.29, 1.82) is 0 Å². The number of benzene rings is 3. The van der Waals surface area contributed by atoms with E-state index in [1.807, 2.05) is 37.3 Å². The summed E-state index contributed by atoms with van der Waals surface area (Å²) in [7, 11) is 2.07. The molecule has 0 bridgehead atoms. The van der Waals surface area contributed by atoms with Gasteiger partial charge in [-0.15, -0.1) is 12.4 Å². The van der Waals surface area contributed by atoms with Gasteiger partial charge in [0.1, 0.15) is 11.6 Å². The third-order valence-corrected chi connectivity index (χ3v) is 7.63. The van der Waals surface area contributed by atoms with Crippen molar-refractivity contribution in [1.82, 2.24) is 15.5 Å². The van der Waals surface area contributed by atoms with Crippen LogP contribution in [0.25, 0.3) is 0 Å². The quantitative estimate of drug-likeness (QED) is 0.220. The highest BCUT2D eigenvalue weighted by atomic mass is 35.5. The smallest absolute Gasteiger partial charge is 0.251 e.